The average molecular weight is 452 g/mol. The van der Waals surface area contributed by atoms with E-state index in [9.17, 15) is 9.59 Å². The Hall–Kier alpha value is -3.74. The van der Waals surface area contributed by atoms with Gasteiger partial charge >= 0.3 is 11.9 Å². The minimum absolute atomic E-state index is 0.165. The van der Waals surface area contributed by atoms with Crippen molar-refractivity contribution in [3.05, 3.63) is 53.6 Å². The van der Waals surface area contributed by atoms with Crippen LogP contribution >= 0.6 is 0 Å². The van der Waals surface area contributed by atoms with Crippen molar-refractivity contribution in [2.45, 2.75) is 33.1 Å². The SMILES string of the molecule is CCCC(=O)Oc1c(OC)c(OC)c(OC(=O)c2ccccc2)c2c(NC)c(CC)ccc12. The van der Waals surface area contributed by atoms with Gasteiger partial charge in [0.05, 0.1) is 25.2 Å². The van der Waals surface area contributed by atoms with E-state index in [1.54, 1.807) is 31.3 Å². The minimum atomic E-state index is -0.545. The Morgan fingerprint density at radius 3 is 2.09 bits per heavy atom. The van der Waals surface area contributed by atoms with Crippen LogP contribution in [0.2, 0.25) is 0 Å². The van der Waals surface area contributed by atoms with Crippen LogP contribution in [-0.2, 0) is 11.2 Å². The second kappa shape index (κ2) is 10.7. The number of benzene rings is 3. The third-order valence-electron chi connectivity index (χ3n) is 5.30. The Morgan fingerprint density at radius 1 is 0.848 bits per heavy atom. The lowest BCUT2D eigenvalue weighted by atomic mass is 9.99. The van der Waals surface area contributed by atoms with Crippen LogP contribution in [0.25, 0.3) is 10.8 Å². The normalized spacial score (nSPS) is 10.6. The van der Waals surface area contributed by atoms with Gasteiger partial charge in [-0.3, -0.25) is 4.79 Å². The molecular weight excluding hydrogens is 422 g/mol. The number of anilines is 1. The first-order valence-electron chi connectivity index (χ1n) is 10.9. The molecule has 0 radical (unpaired) electrons. The fraction of sp³-hybridized carbons (Fsp3) is 0.308. The van der Waals surface area contributed by atoms with Crippen LogP contribution in [0.5, 0.6) is 23.0 Å². The fourth-order valence-electron chi connectivity index (χ4n) is 3.76. The van der Waals surface area contributed by atoms with Crippen LogP contribution in [0.3, 0.4) is 0 Å². The van der Waals surface area contributed by atoms with Gasteiger partial charge in [0.1, 0.15) is 0 Å². The third kappa shape index (κ3) is 4.72. The van der Waals surface area contributed by atoms with E-state index < -0.39 is 11.9 Å². The highest BCUT2D eigenvalue weighted by atomic mass is 16.6. The quantitative estimate of drug-likeness (QED) is 0.345. The first-order valence-corrected chi connectivity index (χ1v) is 10.9. The highest BCUT2D eigenvalue weighted by molar-refractivity contribution is 6.09. The maximum absolute atomic E-state index is 13.0. The summed E-state index contributed by atoms with van der Waals surface area (Å²) in [4.78, 5) is 25.4. The van der Waals surface area contributed by atoms with Crippen LogP contribution < -0.4 is 24.3 Å². The van der Waals surface area contributed by atoms with Gasteiger partial charge in [-0.1, -0.05) is 38.1 Å². The molecule has 174 valence electrons. The first-order chi connectivity index (χ1) is 16.0. The molecule has 0 saturated carbocycles. The van der Waals surface area contributed by atoms with Crippen molar-refractivity contribution in [1.82, 2.24) is 0 Å². The minimum Gasteiger partial charge on any atom is -0.490 e. The molecule has 33 heavy (non-hydrogen) atoms. The third-order valence-corrected chi connectivity index (χ3v) is 5.30. The van der Waals surface area contributed by atoms with Gasteiger partial charge in [0.15, 0.2) is 11.5 Å². The second-order valence-electron chi connectivity index (χ2n) is 7.33. The molecule has 0 aliphatic heterocycles. The molecule has 0 spiro atoms. The van der Waals surface area contributed by atoms with Crippen LogP contribution in [0.4, 0.5) is 5.69 Å². The molecule has 3 aromatic carbocycles. The van der Waals surface area contributed by atoms with E-state index >= 15 is 0 Å². The number of nitrogens with one attached hydrogen (secondary N) is 1. The number of carbonyl (C=O) groups excluding carboxylic acids is 2. The summed E-state index contributed by atoms with van der Waals surface area (Å²) in [6.45, 7) is 3.93. The molecule has 0 unspecified atom stereocenters. The maximum Gasteiger partial charge on any atom is 0.343 e. The van der Waals surface area contributed by atoms with E-state index in [-0.39, 0.29) is 29.4 Å². The van der Waals surface area contributed by atoms with Gasteiger partial charge in [0.2, 0.25) is 11.5 Å². The number of carbonyl (C=O) groups is 2. The van der Waals surface area contributed by atoms with Crippen LogP contribution in [-0.4, -0.2) is 33.2 Å². The predicted octanol–water partition coefficient (Wildman–Crippen LogP) is 5.39. The van der Waals surface area contributed by atoms with E-state index in [4.69, 9.17) is 18.9 Å². The van der Waals surface area contributed by atoms with Crippen molar-refractivity contribution in [2.75, 3.05) is 26.6 Å². The molecule has 3 rings (SSSR count). The van der Waals surface area contributed by atoms with Gasteiger partial charge in [-0.25, -0.2) is 4.79 Å². The summed E-state index contributed by atoms with van der Waals surface area (Å²) in [7, 11) is 4.68. The Morgan fingerprint density at radius 2 is 1.52 bits per heavy atom. The smallest absolute Gasteiger partial charge is 0.343 e. The average Bonchev–Trinajstić information content (AvgIpc) is 2.84. The number of ether oxygens (including phenoxy) is 4. The monoisotopic (exact) mass is 451 g/mol. The zero-order valence-corrected chi connectivity index (χ0v) is 19.6. The van der Waals surface area contributed by atoms with E-state index in [2.05, 4.69) is 5.32 Å². The molecular formula is C26H29NO6. The molecule has 1 N–H and O–H groups in total. The summed E-state index contributed by atoms with van der Waals surface area (Å²) in [5.41, 5.74) is 2.14. The summed E-state index contributed by atoms with van der Waals surface area (Å²) in [6, 6.07) is 12.5. The van der Waals surface area contributed by atoms with Gasteiger partial charge in [-0.15, -0.1) is 0 Å². The predicted molar refractivity (Wildman–Crippen MR) is 128 cm³/mol. The van der Waals surface area contributed by atoms with Gasteiger partial charge in [0, 0.05) is 24.5 Å². The van der Waals surface area contributed by atoms with Crippen molar-refractivity contribution < 1.29 is 28.5 Å². The molecule has 7 heteroatoms. The molecule has 0 atom stereocenters. The number of hydrogen-bond donors (Lipinski definition) is 1. The highest BCUT2D eigenvalue weighted by Crippen LogP contribution is 2.53. The summed E-state index contributed by atoms with van der Waals surface area (Å²) in [5, 5.41) is 4.34. The molecule has 0 amide bonds. The van der Waals surface area contributed by atoms with Crippen LogP contribution in [0, 0.1) is 0 Å². The summed E-state index contributed by atoms with van der Waals surface area (Å²) < 4.78 is 22.9. The zero-order valence-electron chi connectivity index (χ0n) is 19.6. The summed E-state index contributed by atoms with van der Waals surface area (Å²) in [6.07, 6.45) is 1.63. The van der Waals surface area contributed by atoms with E-state index in [1.807, 2.05) is 32.0 Å². The lowest BCUT2D eigenvalue weighted by Gasteiger charge is -2.22. The Bertz CT molecular complexity index is 1160. The maximum atomic E-state index is 13.0. The van der Waals surface area contributed by atoms with Crippen molar-refractivity contribution in [1.29, 1.82) is 0 Å². The standard InChI is InChI=1S/C26H29NO6/c1-6-11-19(28)32-22-18-15-14-16(7-2)21(27-3)20(18)23(25(31-5)24(22)30-4)33-26(29)17-12-9-8-10-13-17/h8-10,12-15,27H,6-7,11H2,1-5H3. The van der Waals surface area contributed by atoms with Gasteiger partial charge in [-0.05, 0) is 36.6 Å². The highest BCUT2D eigenvalue weighted by Gasteiger charge is 2.29. The number of esters is 2. The Labute approximate surface area is 193 Å². The lowest BCUT2D eigenvalue weighted by Crippen LogP contribution is -2.13. The molecule has 0 aromatic heterocycles. The van der Waals surface area contributed by atoms with Crippen molar-refractivity contribution in [2.24, 2.45) is 0 Å². The topological polar surface area (TPSA) is 83.1 Å². The fourth-order valence-corrected chi connectivity index (χ4v) is 3.76. The van der Waals surface area contributed by atoms with E-state index in [0.29, 0.717) is 22.8 Å². The summed E-state index contributed by atoms with van der Waals surface area (Å²) >= 11 is 0. The molecule has 0 fully saturated rings. The largest absolute Gasteiger partial charge is 0.490 e. The van der Waals surface area contributed by atoms with E-state index in [1.165, 1.54) is 14.2 Å². The van der Waals surface area contributed by atoms with Gasteiger partial charge in [0.25, 0.3) is 0 Å². The molecule has 0 aliphatic carbocycles. The number of aryl methyl sites for hydroxylation is 1. The number of fused-ring (bicyclic) bond motifs is 1. The second-order valence-corrected chi connectivity index (χ2v) is 7.33. The molecule has 0 aliphatic rings. The molecule has 3 aromatic rings. The first kappa shape index (κ1) is 23.9. The van der Waals surface area contributed by atoms with Gasteiger partial charge < -0.3 is 24.3 Å². The lowest BCUT2D eigenvalue weighted by molar-refractivity contribution is -0.134. The molecule has 0 saturated heterocycles. The molecule has 7 nitrogen and oxygen atoms in total. The molecule has 0 bridgehead atoms. The van der Waals surface area contributed by atoms with Crippen molar-refractivity contribution >= 4 is 28.4 Å². The number of methoxy groups -OCH3 is 2. The Balaban J connectivity index is 2.35. The Kier molecular flexibility index (Phi) is 7.77. The number of rotatable bonds is 9. The van der Waals surface area contributed by atoms with Gasteiger partial charge in [-0.2, -0.15) is 0 Å². The summed E-state index contributed by atoms with van der Waals surface area (Å²) in [5.74, 6) is -0.180. The van der Waals surface area contributed by atoms with Crippen LogP contribution in [0.15, 0.2) is 42.5 Å². The molecule has 0 heterocycles. The van der Waals surface area contributed by atoms with E-state index in [0.717, 1.165) is 17.7 Å². The van der Waals surface area contributed by atoms with Crippen molar-refractivity contribution in [3.8, 4) is 23.0 Å². The number of hydrogen-bond acceptors (Lipinski definition) is 7. The van der Waals surface area contributed by atoms with Crippen molar-refractivity contribution in [3.63, 3.8) is 0 Å². The van der Waals surface area contributed by atoms with Crippen LogP contribution in [0.1, 0.15) is 42.6 Å². The zero-order chi connectivity index (χ0) is 24.0.